The molecule has 33 heavy (non-hydrogen) atoms. The third-order valence-corrected chi connectivity index (χ3v) is 5.86. The number of aromatic nitrogens is 2. The van der Waals surface area contributed by atoms with Gasteiger partial charge in [-0.15, -0.1) is 0 Å². The first-order valence-corrected chi connectivity index (χ1v) is 11.6. The van der Waals surface area contributed by atoms with Crippen LogP contribution in [-0.4, -0.2) is 39.6 Å². The van der Waals surface area contributed by atoms with Crippen molar-refractivity contribution < 1.29 is 4.79 Å². The zero-order valence-electron chi connectivity index (χ0n) is 19.2. The van der Waals surface area contributed by atoms with Crippen LogP contribution < -0.4 is 10.6 Å². The maximum absolute atomic E-state index is 12.1. The van der Waals surface area contributed by atoms with E-state index < -0.39 is 0 Å². The van der Waals surface area contributed by atoms with Crippen molar-refractivity contribution in [1.82, 2.24) is 25.3 Å². The summed E-state index contributed by atoms with van der Waals surface area (Å²) in [6.45, 7) is 6.33. The number of carbonyl (C=O) groups is 1. The number of rotatable bonds is 9. The van der Waals surface area contributed by atoms with Crippen molar-refractivity contribution >= 4 is 11.9 Å². The largest absolute Gasteiger partial charge is 0.357 e. The summed E-state index contributed by atoms with van der Waals surface area (Å²) < 4.78 is 1.92. The first kappa shape index (κ1) is 22.6. The number of guanidine groups is 1. The number of carbonyl (C=O) groups excluding carboxylic acids is 1. The van der Waals surface area contributed by atoms with Gasteiger partial charge in [0.1, 0.15) is 0 Å². The third kappa shape index (κ3) is 6.22. The summed E-state index contributed by atoms with van der Waals surface area (Å²) in [6, 6.07) is 18.6. The van der Waals surface area contributed by atoms with Crippen molar-refractivity contribution in [2.75, 3.05) is 13.1 Å². The van der Waals surface area contributed by atoms with Gasteiger partial charge in [-0.25, -0.2) is 4.99 Å². The van der Waals surface area contributed by atoms with E-state index in [0.717, 1.165) is 32.0 Å². The predicted octanol–water partition coefficient (Wildman–Crippen LogP) is 3.31. The van der Waals surface area contributed by atoms with Gasteiger partial charge in [0.25, 0.3) is 0 Å². The average Bonchev–Trinajstić information content (AvgIpc) is 3.49. The van der Waals surface area contributed by atoms with Crippen LogP contribution in [0.4, 0.5) is 0 Å². The number of hydrogen-bond acceptors (Lipinski definition) is 3. The van der Waals surface area contributed by atoms with Gasteiger partial charge < -0.3 is 15.5 Å². The lowest BCUT2D eigenvalue weighted by atomic mass is 10.1. The Labute approximate surface area is 195 Å². The fourth-order valence-electron chi connectivity index (χ4n) is 4.08. The minimum atomic E-state index is 0.251. The lowest BCUT2D eigenvalue weighted by molar-refractivity contribution is -0.128. The molecular weight excluding hydrogens is 412 g/mol. The number of benzene rings is 2. The zero-order chi connectivity index (χ0) is 22.9. The monoisotopic (exact) mass is 444 g/mol. The molecule has 0 atom stereocenters. The second-order valence-electron chi connectivity index (χ2n) is 8.21. The highest BCUT2D eigenvalue weighted by Gasteiger charge is 2.20. The number of nitrogens with zero attached hydrogens (tertiary/aromatic N) is 4. The van der Waals surface area contributed by atoms with Crippen LogP contribution in [0.25, 0.3) is 0 Å². The average molecular weight is 445 g/mol. The van der Waals surface area contributed by atoms with Gasteiger partial charge in [0.05, 0.1) is 13.1 Å². The molecule has 1 aliphatic heterocycles. The Bertz CT molecular complexity index is 1080. The number of amides is 1. The second-order valence-corrected chi connectivity index (χ2v) is 8.21. The predicted molar refractivity (Wildman–Crippen MR) is 131 cm³/mol. The molecule has 7 nitrogen and oxygen atoms in total. The lowest BCUT2D eigenvalue weighted by Gasteiger charge is -2.19. The quantitative estimate of drug-likeness (QED) is 0.392. The Hall–Kier alpha value is -3.61. The van der Waals surface area contributed by atoms with Crippen LogP contribution in [0, 0.1) is 0 Å². The summed E-state index contributed by atoms with van der Waals surface area (Å²) in [5.74, 6) is 1.03. The highest BCUT2D eigenvalue weighted by Crippen LogP contribution is 2.17. The molecule has 1 fully saturated rings. The number of nitrogens with one attached hydrogen (secondary N) is 2. The SMILES string of the molecule is CCNC(=NCc1ccccc1Cn1cccn1)NCc1ccccc1CN1CCCC1=O. The summed E-state index contributed by atoms with van der Waals surface area (Å²) in [5, 5.41) is 11.1. The molecule has 0 unspecified atom stereocenters. The van der Waals surface area contributed by atoms with Gasteiger partial charge in [0.15, 0.2) is 5.96 Å². The van der Waals surface area contributed by atoms with Crippen molar-refractivity contribution in [3.05, 3.63) is 89.2 Å². The summed E-state index contributed by atoms with van der Waals surface area (Å²) in [6.07, 6.45) is 5.39. The van der Waals surface area contributed by atoms with E-state index in [2.05, 4.69) is 53.0 Å². The maximum atomic E-state index is 12.1. The van der Waals surface area contributed by atoms with Crippen LogP contribution in [0.5, 0.6) is 0 Å². The highest BCUT2D eigenvalue weighted by atomic mass is 16.2. The Morgan fingerprint density at radius 2 is 1.70 bits per heavy atom. The Morgan fingerprint density at radius 1 is 0.970 bits per heavy atom. The van der Waals surface area contributed by atoms with E-state index >= 15 is 0 Å². The van der Waals surface area contributed by atoms with Crippen molar-refractivity contribution in [3.8, 4) is 0 Å². The molecule has 172 valence electrons. The normalized spacial score (nSPS) is 14.0. The van der Waals surface area contributed by atoms with E-state index in [1.54, 1.807) is 6.20 Å². The van der Waals surface area contributed by atoms with Gasteiger partial charge in [-0.1, -0.05) is 48.5 Å². The Kier molecular flexibility index (Phi) is 7.74. The highest BCUT2D eigenvalue weighted by molar-refractivity contribution is 5.80. The molecular formula is C26H32N6O. The minimum absolute atomic E-state index is 0.251. The van der Waals surface area contributed by atoms with Gasteiger partial charge >= 0.3 is 0 Å². The van der Waals surface area contributed by atoms with Crippen molar-refractivity contribution in [2.45, 2.75) is 45.9 Å². The molecule has 2 N–H and O–H groups in total. The molecule has 0 bridgehead atoms. The summed E-state index contributed by atoms with van der Waals surface area (Å²) in [4.78, 5) is 18.9. The van der Waals surface area contributed by atoms with Crippen LogP contribution in [0.15, 0.2) is 72.0 Å². The van der Waals surface area contributed by atoms with Gasteiger partial charge in [-0.3, -0.25) is 9.48 Å². The Balaban J connectivity index is 1.42. The minimum Gasteiger partial charge on any atom is -0.357 e. The molecule has 3 aromatic rings. The van der Waals surface area contributed by atoms with Crippen LogP contribution in [0.2, 0.25) is 0 Å². The molecule has 2 aromatic carbocycles. The fraction of sp³-hybridized carbons (Fsp3) is 0.346. The second kappa shape index (κ2) is 11.3. The first-order chi connectivity index (χ1) is 16.2. The molecule has 7 heteroatoms. The van der Waals surface area contributed by atoms with Crippen LogP contribution in [0.3, 0.4) is 0 Å². The molecule has 1 saturated heterocycles. The van der Waals surface area contributed by atoms with E-state index in [-0.39, 0.29) is 5.91 Å². The lowest BCUT2D eigenvalue weighted by Crippen LogP contribution is -2.37. The topological polar surface area (TPSA) is 74.6 Å². The zero-order valence-corrected chi connectivity index (χ0v) is 19.2. The molecule has 1 amide bonds. The smallest absolute Gasteiger partial charge is 0.222 e. The van der Waals surface area contributed by atoms with Crippen molar-refractivity contribution in [1.29, 1.82) is 0 Å². The Morgan fingerprint density at radius 3 is 2.36 bits per heavy atom. The van der Waals surface area contributed by atoms with Crippen LogP contribution in [-0.2, 0) is 31.0 Å². The van der Waals surface area contributed by atoms with E-state index in [0.29, 0.717) is 26.1 Å². The summed E-state index contributed by atoms with van der Waals surface area (Å²) in [5.41, 5.74) is 4.75. The molecule has 0 saturated carbocycles. The van der Waals surface area contributed by atoms with Crippen molar-refractivity contribution in [3.63, 3.8) is 0 Å². The molecule has 1 aliphatic rings. The number of likely N-dealkylation sites (tertiary alicyclic amines) is 1. The van der Waals surface area contributed by atoms with Gasteiger partial charge in [0.2, 0.25) is 5.91 Å². The number of hydrogen-bond donors (Lipinski definition) is 2. The molecule has 0 radical (unpaired) electrons. The standard InChI is InChI=1S/C26H32N6O/c1-2-27-26(29-18-22-10-4-6-12-24(22)20-32-16-8-14-30-32)28-17-21-9-3-5-11-23(21)19-31-15-7-13-25(31)33/h3-6,8-12,14,16H,2,7,13,15,17-20H2,1H3,(H2,27,28,29). The maximum Gasteiger partial charge on any atom is 0.222 e. The summed E-state index contributed by atoms with van der Waals surface area (Å²) in [7, 11) is 0. The van der Waals surface area contributed by atoms with E-state index in [1.165, 1.54) is 22.3 Å². The molecule has 0 aliphatic carbocycles. The molecule has 1 aromatic heterocycles. The fourth-order valence-corrected chi connectivity index (χ4v) is 4.08. The van der Waals surface area contributed by atoms with Crippen LogP contribution >= 0.6 is 0 Å². The molecule has 2 heterocycles. The van der Waals surface area contributed by atoms with Gasteiger partial charge in [0, 0.05) is 45.0 Å². The molecule has 0 spiro atoms. The van der Waals surface area contributed by atoms with Gasteiger partial charge in [-0.2, -0.15) is 5.10 Å². The first-order valence-electron chi connectivity index (χ1n) is 11.6. The summed E-state index contributed by atoms with van der Waals surface area (Å²) >= 11 is 0. The van der Waals surface area contributed by atoms with Crippen LogP contribution in [0.1, 0.15) is 42.0 Å². The van der Waals surface area contributed by atoms with Crippen molar-refractivity contribution in [2.24, 2.45) is 4.99 Å². The van der Waals surface area contributed by atoms with Gasteiger partial charge in [-0.05, 0) is 41.7 Å². The number of aliphatic imine (C=N–C) groups is 1. The van der Waals surface area contributed by atoms with E-state index in [9.17, 15) is 4.79 Å². The van der Waals surface area contributed by atoms with E-state index in [4.69, 9.17) is 4.99 Å². The van der Waals surface area contributed by atoms with E-state index in [1.807, 2.05) is 40.0 Å². The third-order valence-electron chi connectivity index (χ3n) is 5.86. The molecule has 4 rings (SSSR count).